The zero-order valence-corrected chi connectivity index (χ0v) is 17.7. The molecular formula is C22H20N2O7S. The molecule has 0 fully saturated rings. The molecule has 0 saturated carbocycles. The second-order valence-corrected chi connectivity index (χ2v) is 8.68. The number of para-hydroxylation sites is 2. The van der Waals surface area contributed by atoms with E-state index in [0.717, 1.165) is 0 Å². The number of furan rings is 1. The summed E-state index contributed by atoms with van der Waals surface area (Å²) in [6.45, 7) is 0.360. The summed E-state index contributed by atoms with van der Waals surface area (Å²) in [5, 5.41) is 0. The molecule has 0 amide bonds. The highest BCUT2D eigenvalue weighted by atomic mass is 32.2. The average molecular weight is 456 g/mol. The van der Waals surface area contributed by atoms with Crippen LogP contribution in [0.1, 0.15) is 22.5 Å². The number of hydrogen-bond acceptors (Lipinski definition) is 7. The number of hydrogen-bond donors (Lipinski definition) is 1. The molecule has 0 saturated heterocycles. The van der Waals surface area contributed by atoms with E-state index in [4.69, 9.17) is 13.6 Å². The van der Waals surface area contributed by atoms with E-state index in [2.05, 4.69) is 4.72 Å². The first-order chi connectivity index (χ1) is 15.4. The van der Waals surface area contributed by atoms with Gasteiger partial charge in [-0.1, -0.05) is 18.2 Å². The van der Waals surface area contributed by atoms with Gasteiger partial charge in [0.2, 0.25) is 10.0 Å². The topological polar surface area (TPSA) is 121 Å². The first kappa shape index (κ1) is 21.6. The van der Waals surface area contributed by atoms with Crippen LogP contribution in [0, 0.1) is 0 Å². The van der Waals surface area contributed by atoms with Crippen molar-refractivity contribution < 1.29 is 26.8 Å². The molecule has 0 aliphatic rings. The number of sulfonamides is 1. The van der Waals surface area contributed by atoms with Crippen LogP contribution in [-0.4, -0.2) is 25.6 Å². The molecule has 2 aromatic carbocycles. The summed E-state index contributed by atoms with van der Waals surface area (Å²) in [6, 6.07) is 15.9. The van der Waals surface area contributed by atoms with Crippen LogP contribution in [0.4, 0.5) is 0 Å². The molecule has 4 aromatic rings. The molecule has 0 unspecified atom stereocenters. The first-order valence-corrected chi connectivity index (χ1v) is 11.3. The minimum Gasteiger partial charge on any atom is -0.468 e. The van der Waals surface area contributed by atoms with Gasteiger partial charge in [0.05, 0.1) is 35.4 Å². The molecule has 0 aliphatic heterocycles. The van der Waals surface area contributed by atoms with E-state index in [9.17, 15) is 18.0 Å². The van der Waals surface area contributed by atoms with Crippen molar-refractivity contribution in [1.82, 2.24) is 9.29 Å². The van der Waals surface area contributed by atoms with Gasteiger partial charge in [0, 0.05) is 6.54 Å². The van der Waals surface area contributed by atoms with Gasteiger partial charge in [0.25, 0.3) is 0 Å². The second kappa shape index (κ2) is 9.25. The van der Waals surface area contributed by atoms with E-state index in [1.54, 1.807) is 36.4 Å². The van der Waals surface area contributed by atoms with Crippen molar-refractivity contribution in [1.29, 1.82) is 0 Å². The van der Waals surface area contributed by atoms with Crippen molar-refractivity contribution in [2.24, 2.45) is 0 Å². The van der Waals surface area contributed by atoms with Crippen molar-refractivity contribution in [3.8, 4) is 0 Å². The number of carbonyl (C=O) groups is 1. The van der Waals surface area contributed by atoms with Crippen molar-refractivity contribution in [2.45, 2.75) is 24.4 Å². The van der Waals surface area contributed by atoms with Gasteiger partial charge in [-0.05, 0) is 48.9 Å². The summed E-state index contributed by atoms with van der Waals surface area (Å²) >= 11 is 0. The molecule has 32 heavy (non-hydrogen) atoms. The standard InChI is InChI=1S/C22H20N2O7S/c25-21(30-13-5-11-24-19-9-1-2-10-20(19)31-22(24)26)16-6-3-8-18(14-16)32(27,28)23-15-17-7-4-12-29-17/h1-4,6-10,12,14,23H,5,11,13,15H2. The Morgan fingerprint density at radius 2 is 1.91 bits per heavy atom. The van der Waals surface area contributed by atoms with Gasteiger partial charge in [-0.25, -0.2) is 22.7 Å². The first-order valence-electron chi connectivity index (χ1n) is 9.82. The SMILES string of the molecule is O=C(OCCCn1c(=O)oc2ccccc21)c1cccc(S(=O)(=O)NCc2ccco2)c1. The third-order valence-corrected chi connectivity index (χ3v) is 6.13. The van der Waals surface area contributed by atoms with Gasteiger partial charge in [-0.15, -0.1) is 0 Å². The second-order valence-electron chi connectivity index (χ2n) is 6.91. The van der Waals surface area contributed by atoms with Crippen LogP contribution in [0.5, 0.6) is 0 Å². The maximum atomic E-state index is 12.5. The Morgan fingerprint density at radius 1 is 1.06 bits per heavy atom. The van der Waals surface area contributed by atoms with Crippen molar-refractivity contribution in [3.05, 3.63) is 88.8 Å². The highest BCUT2D eigenvalue weighted by Crippen LogP contribution is 2.14. The number of benzene rings is 2. The number of aromatic nitrogens is 1. The van der Waals surface area contributed by atoms with Crippen LogP contribution < -0.4 is 10.5 Å². The lowest BCUT2D eigenvalue weighted by Crippen LogP contribution is -2.23. The number of rotatable bonds is 9. The largest absolute Gasteiger partial charge is 0.468 e. The Bertz CT molecular complexity index is 1390. The summed E-state index contributed by atoms with van der Waals surface area (Å²) in [7, 11) is -3.84. The number of fused-ring (bicyclic) bond motifs is 1. The van der Waals surface area contributed by atoms with Crippen LogP contribution in [0.2, 0.25) is 0 Å². The van der Waals surface area contributed by atoms with Crippen LogP contribution in [0.3, 0.4) is 0 Å². The lowest BCUT2D eigenvalue weighted by Gasteiger charge is -2.08. The average Bonchev–Trinajstić information content (AvgIpc) is 3.43. The summed E-state index contributed by atoms with van der Waals surface area (Å²) in [5.41, 5.74) is 1.27. The van der Waals surface area contributed by atoms with E-state index in [-0.39, 0.29) is 23.6 Å². The molecule has 166 valence electrons. The summed E-state index contributed by atoms with van der Waals surface area (Å²) in [6.07, 6.45) is 1.84. The van der Waals surface area contributed by atoms with Gasteiger partial charge >= 0.3 is 11.7 Å². The van der Waals surface area contributed by atoms with Gasteiger partial charge in [0.1, 0.15) is 5.76 Å². The molecule has 1 N–H and O–H groups in total. The van der Waals surface area contributed by atoms with E-state index >= 15 is 0 Å². The molecule has 0 spiro atoms. The third kappa shape index (κ3) is 4.82. The van der Waals surface area contributed by atoms with Crippen molar-refractivity contribution in [3.63, 3.8) is 0 Å². The van der Waals surface area contributed by atoms with E-state index in [0.29, 0.717) is 29.8 Å². The lowest BCUT2D eigenvalue weighted by molar-refractivity contribution is 0.0495. The highest BCUT2D eigenvalue weighted by molar-refractivity contribution is 7.89. The summed E-state index contributed by atoms with van der Waals surface area (Å²) in [5.74, 6) is -0.663. The minimum atomic E-state index is -3.84. The predicted molar refractivity (Wildman–Crippen MR) is 115 cm³/mol. The van der Waals surface area contributed by atoms with Crippen LogP contribution in [0.25, 0.3) is 11.1 Å². The molecule has 0 atom stereocenters. The van der Waals surface area contributed by atoms with E-state index in [1.807, 2.05) is 0 Å². The number of esters is 1. The molecule has 0 aliphatic carbocycles. The van der Waals surface area contributed by atoms with E-state index in [1.165, 1.54) is 35.1 Å². The Labute approximate surface area is 183 Å². The molecule has 10 heteroatoms. The Hall–Kier alpha value is -3.63. The molecule has 0 bridgehead atoms. The fourth-order valence-electron chi connectivity index (χ4n) is 3.15. The number of ether oxygens (including phenoxy) is 1. The van der Waals surface area contributed by atoms with Gasteiger partial charge in [-0.2, -0.15) is 0 Å². The highest BCUT2D eigenvalue weighted by Gasteiger charge is 2.17. The minimum absolute atomic E-state index is 0.00787. The fraction of sp³-hybridized carbons (Fsp3) is 0.182. The smallest absolute Gasteiger partial charge is 0.419 e. The molecular weight excluding hydrogens is 436 g/mol. The Balaban J connectivity index is 1.34. The van der Waals surface area contributed by atoms with Gasteiger partial charge in [-0.3, -0.25) is 4.57 Å². The Kier molecular flexibility index (Phi) is 6.24. The normalized spacial score (nSPS) is 11.6. The number of carbonyl (C=O) groups excluding carboxylic acids is 1. The predicted octanol–water partition coefficient (Wildman–Crippen LogP) is 2.91. The maximum Gasteiger partial charge on any atom is 0.419 e. The quantitative estimate of drug-likeness (QED) is 0.304. The zero-order chi connectivity index (χ0) is 22.6. The molecule has 0 radical (unpaired) electrons. The molecule has 2 aromatic heterocycles. The number of nitrogens with one attached hydrogen (secondary N) is 1. The molecule has 9 nitrogen and oxygen atoms in total. The van der Waals surface area contributed by atoms with Gasteiger partial charge in [0.15, 0.2) is 5.58 Å². The number of aryl methyl sites for hydroxylation is 1. The van der Waals surface area contributed by atoms with Crippen molar-refractivity contribution in [2.75, 3.05) is 6.61 Å². The lowest BCUT2D eigenvalue weighted by atomic mass is 10.2. The third-order valence-electron chi connectivity index (χ3n) is 4.73. The monoisotopic (exact) mass is 456 g/mol. The van der Waals surface area contributed by atoms with Gasteiger partial charge < -0.3 is 13.6 Å². The zero-order valence-electron chi connectivity index (χ0n) is 16.9. The Morgan fingerprint density at radius 3 is 2.72 bits per heavy atom. The summed E-state index contributed by atoms with van der Waals surface area (Å²) < 4.78 is 44.4. The van der Waals surface area contributed by atoms with Crippen molar-refractivity contribution >= 4 is 27.1 Å². The molecule has 4 rings (SSSR count). The van der Waals surface area contributed by atoms with E-state index < -0.39 is 21.7 Å². The number of nitrogens with zero attached hydrogens (tertiary/aromatic N) is 1. The number of oxazole rings is 1. The maximum absolute atomic E-state index is 12.5. The fourth-order valence-corrected chi connectivity index (χ4v) is 4.19. The van der Waals surface area contributed by atoms with Crippen LogP contribution >= 0.6 is 0 Å². The van der Waals surface area contributed by atoms with Crippen LogP contribution in [0.15, 0.2) is 85.5 Å². The van der Waals surface area contributed by atoms with Crippen LogP contribution in [-0.2, 0) is 27.8 Å². The molecule has 2 heterocycles. The summed E-state index contributed by atoms with van der Waals surface area (Å²) in [4.78, 5) is 24.3.